The van der Waals surface area contributed by atoms with E-state index in [4.69, 9.17) is 16.1 Å². The van der Waals surface area contributed by atoms with E-state index < -0.39 is 35.0 Å². The maximum atomic E-state index is 14.1. The highest BCUT2D eigenvalue weighted by atomic mass is 19.4. The van der Waals surface area contributed by atoms with Crippen molar-refractivity contribution in [3.63, 3.8) is 0 Å². The Balaban J connectivity index is 2.20. The Morgan fingerprint density at radius 3 is 2.50 bits per heavy atom. The molecule has 0 saturated heterocycles. The Morgan fingerprint density at radius 2 is 1.92 bits per heavy atom. The van der Waals surface area contributed by atoms with Gasteiger partial charge >= 0.3 is 12.3 Å². The molecule has 0 fully saturated rings. The van der Waals surface area contributed by atoms with Crippen molar-refractivity contribution >= 4 is 23.2 Å². The van der Waals surface area contributed by atoms with Gasteiger partial charge in [-0.15, -0.1) is 0 Å². The molecule has 2 aromatic rings. The Bertz CT molecular complexity index is 893. The normalized spacial score (nSPS) is 10.9. The van der Waals surface area contributed by atoms with Crippen molar-refractivity contribution < 1.29 is 27.5 Å². The third-order valence-corrected chi connectivity index (χ3v) is 3.25. The summed E-state index contributed by atoms with van der Waals surface area (Å²) in [6.07, 6.45) is -6.13. The quantitative estimate of drug-likeness (QED) is 0.484. The molecule has 1 amide bonds. The van der Waals surface area contributed by atoms with E-state index in [1.807, 2.05) is 5.32 Å². The van der Waals surface area contributed by atoms with E-state index in [1.165, 1.54) is 18.2 Å². The van der Waals surface area contributed by atoms with E-state index in [9.17, 15) is 22.4 Å². The minimum Gasteiger partial charge on any atom is -0.465 e. The number of pyridine rings is 1. The minimum absolute atomic E-state index is 0.0697. The van der Waals surface area contributed by atoms with Crippen LogP contribution in [0.1, 0.15) is 17.0 Å². The first-order chi connectivity index (χ1) is 12.1. The SMILES string of the molecule is N#Cc1nc(CNc2ccc(NC(=O)O)c(N)c2F)ccc1C(F)(F)F. The van der Waals surface area contributed by atoms with Gasteiger partial charge in [0.1, 0.15) is 6.07 Å². The molecule has 0 radical (unpaired) electrons. The van der Waals surface area contributed by atoms with Crippen LogP contribution in [0.2, 0.25) is 0 Å². The summed E-state index contributed by atoms with van der Waals surface area (Å²) in [5.74, 6) is -0.941. The number of nitrogens with two attached hydrogens (primary N) is 1. The van der Waals surface area contributed by atoms with Gasteiger partial charge in [0.2, 0.25) is 0 Å². The monoisotopic (exact) mass is 369 g/mol. The van der Waals surface area contributed by atoms with Crippen LogP contribution in [0.25, 0.3) is 0 Å². The second kappa shape index (κ2) is 7.14. The zero-order chi connectivity index (χ0) is 19.5. The number of halogens is 4. The molecule has 0 aliphatic heterocycles. The van der Waals surface area contributed by atoms with E-state index in [0.717, 1.165) is 6.07 Å². The van der Waals surface area contributed by atoms with Gasteiger partial charge < -0.3 is 16.2 Å². The summed E-state index contributed by atoms with van der Waals surface area (Å²) in [6, 6.07) is 5.56. The number of rotatable bonds is 4. The molecular weight excluding hydrogens is 358 g/mol. The number of nitrogens with one attached hydrogen (secondary N) is 2. The van der Waals surface area contributed by atoms with Gasteiger partial charge in [-0.2, -0.15) is 18.4 Å². The molecule has 26 heavy (non-hydrogen) atoms. The highest BCUT2D eigenvalue weighted by Crippen LogP contribution is 2.31. The summed E-state index contributed by atoms with van der Waals surface area (Å²) in [7, 11) is 0. The van der Waals surface area contributed by atoms with Gasteiger partial charge in [-0.05, 0) is 24.3 Å². The summed E-state index contributed by atoms with van der Waals surface area (Å²) in [6.45, 7) is -0.186. The number of alkyl halides is 3. The molecule has 0 saturated carbocycles. The third-order valence-electron chi connectivity index (χ3n) is 3.25. The van der Waals surface area contributed by atoms with Crippen molar-refractivity contribution in [2.75, 3.05) is 16.4 Å². The largest absolute Gasteiger partial charge is 0.465 e. The van der Waals surface area contributed by atoms with Crippen LogP contribution in [-0.2, 0) is 12.7 Å². The maximum Gasteiger partial charge on any atom is 0.419 e. The molecule has 0 unspecified atom stereocenters. The Labute approximate surface area is 144 Å². The molecule has 0 bridgehead atoms. The number of anilines is 3. The fourth-order valence-corrected chi connectivity index (χ4v) is 2.05. The van der Waals surface area contributed by atoms with Crippen LogP contribution >= 0.6 is 0 Å². The van der Waals surface area contributed by atoms with Gasteiger partial charge in [-0.25, -0.2) is 14.2 Å². The van der Waals surface area contributed by atoms with Gasteiger partial charge in [0.05, 0.1) is 34.9 Å². The number of nitriles is 1. The Hall–Kier alpha value is -3.55. The van der Waals surface area contributed by atoms with Crippen LogP contribution in [0.15, 0.2) is 24.3 Å². The standard InChI is InChI=1S/C15H11F4N5O2/c16-12-9(3-4-10(13(12)21)24-14(25)26)22-6-7-1-2-8(15(17,18)19)11(5-20)23-7/h1-4,22,24H,6,21H2,(H,25,26). The first-order valence-corrected chi connectivity index (χ1v) is 6.92. The maximum absolute atomic E-state index is 14.1. The van der Waals surface area contributed by atoms with Gasteiger partial charge in [0.25, 0.3) is 0 Å². The van der Waals surface area contributed by atoms with Crippen molar-refractivity contribution in [1.82, 2.24) is 4.98 Å². The van der Waals surface area contributed by atoms with Gasteiger partial charge in [-0.3, -0.25) is 5.32 Å². The Morgan fingerprint density at radius 1 is 1.27 bits per heavy atom. The minimum atomic E-state index is -4.71. The summed E-state index contributed by atoms with van der Waals surface area (Å²) < 4.78 is 52.3. The zero-order valence-electron chi connectivity index (χ0n) is 12.9. The summed E-state index contributed by atoms with van der Waals surface area (Å²) in [5.41, 5.74) is 2.89. The van der Waals surface area contributed by atoms with E-state index in [-0.39, 0.29) is 23.6 Å². The number of hydrogen-bond donors (Lipinski definition) is 4. The fourth-order valence-electron chi connectivity index (χ4n) is 2.05. The molecule has 11 heteroatoms. The molecule has 1 aromatic carbocycles. The highest BCUT2D eigenvalue weighted by molar-refractivity contribution is 5.88. The summed E-state index contributed by atoms with van der Waals surface area (Å²) in [4.78, 5) is 14.2. The molecule has 1 heterocycles. The predicted octanol–water partition coefficient (Wildman–Crippen LogP) is 3.40. The van der Waals surface area contributed by atoms with E-state index in [1.54, 1.807) is 0 Å². The molecule has 136 valence electrons. The van der Waals surface area contributed by atoms with Crippen molar-refractivity contribution in [3.8, 4) is 6.07 Å². The second-order valence-electron chi connectivity index (χ2n) is 4.98. The number of amides is 1. The lowest BCUT2D eigenvalue weighted by Gasteiger charge is -2.13. The molecule has 0 spiro atoms. The number of nitrogen functional groups attached to an aromatic ring is 1. The van der Waals surface area contributed by atoms with Crippen molar-refractivity contribution in [3.05, 3.63) is 47.0 Å². The fraction of sp³-hybridized carbons (Fsp3) is 0.133. The topological polar surface area (TPSA) is 124 Å². The van der Waals surface area contributed by atoms with Gasteiger partial charge in [0.15, 0.2) is 11.5 Å². The average Bonchev–Trinajstić information content (AvgIpc) is 2.56. The van der Waals surface area contributed by atoms with Crippen LogP contribution < -0.4 is 16.4 Å². The summed E-state index contributed by atoms with van der Waals surface area (Å²) in [5, 5.41) is 21.9. The first kappa shape index (κ1) is 18.8. The van der Waals surface area contributed by atoms with Crippen LogP contribution in [0.4, 0.5) is 39.4 Å². The van der Waals surface area contributed by atoms with Crippen molar-refractivity contribution in [2.45, 2.75) is 12.7 Å². The predicted molar refractivity (Wildman–Crippen MR) is 83.7 cm³/mol. The van der Waals surface area contributed by atoms with Gasteiger partial charge in [-0.1, -0.05) is 0 Å². The number of carboxylic acid groups (broad SMARTS) is 1. The first-order valence-electron chi connectivity index (χ1n) is 6.92. The molecule has 5 N–H and O–H groups in total. The Kier molecular flexibility index (Phi) is 5.16. The highest BCUT2D eigenvalue weighted by Gasteiger charge is 2.34. The molecule has 2 rings (SSSR count). The number of carbonyl (C=O) groups is 1. The zero-order valence-corrected chi connectivity index (χ0v) is 12.9. The number of hydrogen-bond acceptors (Lipinski definition) is 5. The smallest absolute Gasteiger partial charge is 0.419 e. The summed E-state index contributed by atoms with van der Waals surface area (Å²) >= 11 is 0. The third kappa shape index (κ3) is 4.10. The molecule has 7 nitrogen and oxygen atoms in total. The van der Waals surface area contributed by atoms with Crippen molar-refractivity contribution in [2.24, 2.45) is 0 Å². The van der Waals surface area contributed by atoms with Gasteiger partial charge in [0, 0.05) is 0 Å². The number of aromatic nitrogens is 1. The van der Waals surface area contributed by atoms with E-state index in [0.29, 0.717) is 6.07 Å². The second-order valence-corrected chi connectivity index (χ2v) is 4.98. The van der Waals surface area contributed by atoms with Crippen LogP contribution in [0.3, 0.4) is 0 Å². The molecule has 0 aliphatic carbocycles. The van der Waals surface area contributed by atoms with E-state index in [2.05, 4.69) is 10.3 Å². The number of nitrogens with zero attached hydrogens (tertiary/aromatic N) is 2. The molecule has 1 aromatic heterocycles. The number of benzene rings is 1. The lowest BCUT2D eigenvalue weighted by Crippen LogP contribution is -2.13. The lowest BCUT2D eigenvalue weighted by atomic mass is 10.1. The van der Waals surface area contributed by atoms with Crippen molar-refractivity contribution in [1.29, 1.82) is 5.26 Å². The van der Waals surface area contributed by atoms with Crippen LogP contribution in [0.5, 0.6) is 0 Å². The van der Waals surface area contributed by atoms with E-state index >= 15 is 0 Å². The molecule has 0 aliphatic rings. The van der Waals surface area contributed by atoms with Crippen LogP contribution in [-0.4, -0.2) is 16.2 Å². The average molecular weight is 369 g/mol. The molecule has 0 atom stereocenters. The molecular formula is C15H11F4N5O2. The van der Waals surface area contributed by atoms with Crippen LogP contribution in [0, 0.1) is 17.1 Å². The lowest BCUT2D eigenvalue weighted by molar-refractivity contribution is -0.138.